The first kappa shape index (κ1) is 13.1. The van der Waals surface area contributed by atoms with Gasteiger partial charge in [0.2, 0.25) is 0 Å². The van der Waals surface area contributed by atoms with E-state index in [0.29, 0.717) is 18.9 Å². The lowest BCUT2D eigenvalue weighted by Crippen LogP contribution is -2.47. The summed E-state index contributed by atoms with van der Waals surface area (Å²) in [7, 11) is 0. The van der Waals surface area contributed by atoms with Gasteiger partial charge in [-0.1, -0.05) is 15.9 Å². The molecule has 0 saturated heterocycles. The molecule has 1 aromatic carbocycles. The van der Waals surface area contributed by atoms with Gasteiger partial charge in [0, 0.05) is 22.9 Å². The van der Waals surface area contributed by atoms with Crippen molar-refractivity contribution in [2.45, 2.75) is 38.1 Å². The Morgan fingerprint density at radius 1 is 1.53 bits per heavy atom. The third-order valence-corrected chi connectivity index (χ3v) is 4.66. The summed E-state index contributed by atoms with van der Waals surface area (Å²) in [6.07, 6.45) is 3.43. The normalized spacial score (nSPS) is 20.6. The number of carbonyl (C=O) groups is 1. The largest absolute Gasteiger partial charge is 0.493 e. The number of nitrogens with two attached hydrogens (primary N) is 1. The molecule has 3 rings (SSSR count). The molecule has 0 radical (unpaired) electrons. The standard InChI is InChI=1S/C15H18BrNO2/c1-15(17,11-2-3-11)13(18)8-10-7-12(16)6-9-4-5-19-14(9)10/h6-7,11H,2-5,8,17H2,1H3. The van der Waals surface area contributed by atoms with Crippen LogP contribution in [0.2, 0.25) is 0 Å². The van der Waals surface area contributed by atoms with Gasteiger partial charge in [-0.25, -0.2) is 0 Å². The maximum Gasteiger partial charge on any atom is 0.157 e. The zero-order chi connectivity index (χ0) is 13.6. The van der Waals surface area contributed by atoms with Gasteiger partial charge >= 0.3 is 0 Å². The van der Waals surface area contributed by atoms with Crippen molar-refractivity contribution in [3.8, 4) is 5.75 Å². The Morgan fingerprint density at radius 3 is 2.95 bits per heavy atom. The molecule has 2 N–H and O–H groups in total. The molecule has 3 nitrogen and oxygen atoms in total. The number of halogens is 1. The highest BCUT2D eigenvalue weighted by atomic mass is 79.9. The van der Waals surface area contributed by atoms with E-state index in [1.807, 2.05) is 13.0 Å². The van der Waals surface area contributed by atoms with Crippen LogP contribution in [0.4, 0.5) is 0 Å². The SMILES string of the molecule is CC(N)(C(=O)Cc1cc(Br)cc2c1OCC2)C1CC1. The van der Waals surface area contributed by atoms with Crippen LogP contribution in [0, 0.1) is 5.92 Å². The second-order valence-corrected chi connectivity index (χ2v) is 6.72. The van der Waals surface area contributed by atoms with Crippen molar-refractivity contribution in [1.29, 1.82) is 0 Å². The number of fused-ring (bicyclic) bond motifs is 1. The highest BCUT2D eigenvalue weighted by Gasteiger charge is 2.43. The van der Waals surface area contributed by atoms with Gasteiger partial charge in [-0.2, -0.15) is 0 Å². The summed E-state index contributed by atoms with van der Waals surface area (Å²) in [4.78, 5) is 12.4. The van der Waals surface area contributed by atoms with E-state index in [4.69, 9.17) is 10.5 Å². The fourth-order valence-electron chi connectivity index (χ4n) is 2.75. The Hall–Kier alpha value is -0.870. The van der Waals surface area contributed by atoms with Crippen molar-refractivity contribution in [3.05, 3.63) is 27.7 Å². The molecule has 1 fully saturated rings. The molecule has 2 aliphatic rings. The van der Waals surface area contributed by atoms with Crippen LogP contribution in [0.15, 0.2) is 16.6 Å². The van der Waals surface area contributed by atoms with Gasteiger partial charge in [0.1, 0.15) is 5.75 Å². The number of rotatable bonds is 4. The van der Waals surface area contributed by atoms with Crippen LogP contribution in [0.3, 0.4) is 0 Å². The highest BCUT2D eigenvalue weighted by molar-refractivity contribution is 9.10. The summed E-state index contributed by atoms with van der Waals surface area (Å²) in [6.45, 7) is 2.57. The molecule has 19 heavy (non-hydrogen) atoms. The van der Waals surface area contributed by atoms with Crippen LogP contribution in [-0.4, -0.2) is 17.9 Å². The number of benzene rings is 1. The van der Waals surface area contributed by atoms with Crippen molar-refractivity contribution in [1.82, 2.24) is 0 Å². The Kier molecular flexibility index (Phi) is 3.18. The molecule has 0 bridgehead atoms. The second kappa shape index (κ2) is 4.60. The number of carbonyl (C=O) groups excluding carboxylic acids is 1. The Labute approximate surface area is 121 Å². The van der Waals surface area contributed by atoms with Crippen LogP contribution in [0.25, 0.3) is 0 Å². The molecule has 1 saturated carbocycles. The second-order valence-electron chi connectivity index (χ2n) is 5.81. The zero-order valence-electron chi connectivity index (χ0n) is 11.0. The lowest BCUT2D eigenvalue weighted by Gasteiger charge is -2.23. The highest BCUT2D eigenvalue weighted by Crippen LogP contribution is 2.40. The maximum absolute atomic E-state index is 12.4. The molecule has 1 aliphatic heterocycles. The summed E-state index contributed by atoms with van der Waals surface area (Å²) in [5.74, 6) is 1.37. The molecule has 1 unspecified atom stereocenters. The first-order valence-corrected chi connectivity index (χ1v) is 7.54. The van der Waals surface area contributed by atoms with Gasteiger partial charge in [-0.3, -0.25) is 4.79 Å². The predicted molar refractivity (Wildman–Crippen MR) is 77.4 cm³/mol. The Bertz CT molecular complexity index is 535. The van der Waals surface area contributed by atoms with Gasteiger partial charge in [-0.05, 0) is 43.4 Å². The molecular weight excluding hydrogens is 306 g/mol. The molecule has 0 spiro atoms. The van der Waals surface area contributed by atoms with Gasteiger partial charge in [0.25, 0.3) is 0 Å². The minimum atomic E-state index is -0.687. The third kappa shape index (κ3) is 2.43. The Balaban J connectivity index is 1.85. The van der Waals surface area contributed by atoms with Crippen LogP contribution < -0.4 is 10.5 Å². The fourth-order valence-corrected chi connectivity index (χ4v) is 3.30. The van der Waals surface area contributed by atoms with Crippen LogP contribution in [0.5, 0.6) is 5.75 Å². The van der Waals surface area contributed by atoms with Crippen LogP contribution in [0.1, 0.15) is 30.9 Å². The molecule has 1 aromatic rings. The van der Waals surface area contributed by atoms with E-state index in [1.54, 1.807) is 0 Å². The lowest BCUT2D eigenvalue weighted by atomic mass is 9.87. The van der Waals surface area contributed by atoms with E-state index in [-0.39, 0.29) is 5.78 Å². The fraction of sp³-hybridized carbons (Fsp3) is 0.533. The molecule has 1 atom stereocenters. The number of hydrogen-bond donors (Lipinski definition) is 1. The van der Waals surface area contributed by atoms with Crippen molar-refractivity contribution >= 4 is 21.7 Å². The van der Waals surface area contributed by atoms with Gasteiger partial charge in [-0.15, -0.1) is 0 Å². The zero-order valence-corrected chi connectivity index (χ0v) is 12.6. The summed E-state index contributed by atoms with van der Waals surface area (Å²) in [6, 6.07) is 4.05. The van der Waals surface area contributed by atoms with Crippen molar-refractivity contribution in [3.63, 3.8) is 0 Å². The van der Waals surface area contributed by atoms with Crippen molar-refractivity contribution in [2.75, 3.05) is 6.61 Å². The quantitative estimate of drug-likeness (QED) is 0.926. The van der Waals surface area contributed by atoms with Crippen molar-refractivity contribution < 1.29 is 9.53 Å². The maximum atomic E-state index is 12.4. The number of ether oxygens (including phenoxy) is 1. The van der Waals surface area contributed by atoms with Gasteiger partial charge in [0.05, 0.1) is 12.1 Å². The first-order valence-electron chi connectivity index (χ1n) is 6.75. The Morgan fingerprint density at radius 2 is 2.26 bits per heavy atom. The topological polar surface area (TPSA) is 52.3 Å². The van der Waals surface area contributed by atoms with E-state index in [0.717, 1.165) is 35.0 Å². The van der Waals surface area contributed by atoms with Gasteiger partial charge in [0.15, 0.2) is 5.78 Å². The van der Waals surface area contributed by atoms with E-state index in [2.05, 4.69) is 22.0 Å². The van der Waals surface area contributed by atoms with Crippen molar-refractivity contribution in [2.24, 2.45) is 11.7 Å². The summed E-state index contributed by atoms with van der Waals surface area (Å²) in [5, 5.41) is 0. The van der Waals surface area contributed by atoms with Crippen LogP contribution >= 0.6 is 15.9 Å². The summed E-state index contributed by atoms with van der Waals surface area (Å²) >= 11 is 3.50. The minimum Gasteiger partial charge on any atom is -0.493 e. The van der Waals surface area contributed by atoms with Crippen LogP contribution in [-0.2, 0) is 17.6 Å². The average molecular weight is 324 g/mol. The molecule has 102 valence electrons. The average Bonchev–Trinajstić information content (AvgIpc) is 3.09. The molecule has 4 heteroatoms. The van der Waals surface area contributed by atoms with E-state index in [1.165, 1.54) is 5.56 Å². The number of ketones is 1. The predicted octanol–water partition coefficient (Wildman–Crippen LogP) is 2.62. The number of hydrogen-bond acceptors (Lipinski definition) is 3. The molecule has 1 heterocycles. The molecule has 0 amide bonds. The monoisotopic (exact) mass is 323 g/mol. The van der Waals surface area contributed by atoms with E-state index >= 15 is 0 Å². The lowest BCUT2D eigenvalue weighted by molar-refractivity contribution is -0.123. The summed E-state index contributed by atoms with van der Waals surface area (Å²) < 4.78 is 6.66. The summed E-state index contributed by atoms with van der Waals surface area (Å²) in [5.41, 5.74) is 7.65. The molecule has 0 aromatic heterocycles. The van der Waals surface area contributed by atoms with E-state index < -0.39 is 5.54 Å². The third-order valence-electron chi connectivity index (χ3n) is 4.20. The van der Waals surface area contributed by atoms with Gasteiger partial charge < -0.3 is 10.5 Å². The minimum absolute atomic E-state index is 0.116. The molecular formula is C15H18BrNO2. The first-order chi connectivity index (χ1) is 8.98. The molecule has 1 aliphatic carbocycles. The number of Topliss-reactive ketones (excluding diaryl/α,β-unsaturated/α-hetero) is 1. The van der Waals surface area contributed by atoms with E-state index in [9.17, 15) is 4.79 Å². The smallest absolute Gasteiger partial charge is 0.157 e.